The van der Waals surface area contributed by atoms with E-state index in [9.17, 15) is 4.79 Å². The molecule has 1 aliphatic rings. The van der Waals surface area contributed by atoms with Crippen LogP contribution in [0, 0.1) is 0 Å². The predicted octanol–water partition coefficient (Wildman–Crippen LogP) is 7.56. The van der Waals surface area contributed by atoms with E-state index >= 15 is 0 Å². The average Bonchev–Trinajstić information content (AvgIpc) is 2.96. The number of piperidine rings is 1. The Morgan fingerprint density at radius 1 is 0.974 bits per heavy atom. The third-order valence-corrected chi connectivity index (χ3v) is 8.27. The minimum atomic E-state index is 0. The molecule has 0 spiro atoms. The summed E-state index contributed by atoms with van der Waals surface area (Å²) in [5.41, 5.74) is 3.02. The van der Waals surface area contributed by atoms with Crippen molar-refractivity contribution < 1.29 is 14.3 Å². The maximum absolute atomic E-state index is 13.1. The molecule has 1 saturated heterocycles. The lowest BCUT2D eigenvalue weighted by Crippen LogP contribution is -2.36. The van der Waals surface area contributed by atoms with Crippen LogP contribution in [-0.2, 0) is 0 Å². The number of halogens is 3. The molecule has 3 aromatic carbocycles. The molecule has 1 heterocycles. The third kappa shape index (κ3) is 8.04. The van der Waals surface area contributed by atoms with Gasteiger partial charge in [0.25, 0.3) is 5.91 Å². The monoisotopic (exact) mass is 590 g/mol. The maximum atomic E-state index is 13.1. The molecule has 5 nitrogen and oxygen atoms in total. The van der Waals surface area contributed by atoms with Gasteiger partial charge in [0, 0.05) is 30.6 Å². The van der Waals surface area contributed by atoms with Crippen LogP contribution in [0.15, 0.2) is 66.7 Å². The van der Waals surface area contributed by atoms with Crippen LogP contribution >= 0.6 is 35.6 Å². The van der Waals surface area contributed by atoms with Gasteiger partial charge in [-0.1, -0.05) is 47.5 Å². The van der Waals surface area contributed by atoms with Crippen LogP contribution in [0.1, 0.15) is 52.6 Å². The summed E-state index contributed by atoms with van der Waals surface area (Å²) in [6, 6.07) is 21.3. The Labute approximate surface area is 248 Å². The molecule has 0 aromatic heterocycles. The van der Waals surface area contributed by atoms with Gasteiger partial charge in [-0.2, -0.15) is 0 Å². The number of likely N-dealkylation sites (N-methyl/N-ethyl adjacent to an activating group) is 1. The Bertz CT molecular complexity index is 1220. The van der Waals surface area contributed by atoms with Crippen LogP contribution in [0.3, 0.4) is 0 Å². The van der Waals surface area contributed by atoms with E-state index in [1.54, 1.807) is 14.2 Å². The molecule has 1 atom stereocenters. The SMILES string of the molecule is COc1ccc(OC)c(C2CCN(CCC(CN(C)C(=O)c3ccccc3)c3ccc(Cl)c(Cl)c3)CC2)c1.Cl. The molecule has 4 rings (SSSR count). The second-order valence-electron chi connectivity index (χ2n) is 9.93. The van der Waals surface area contributed by atoms with Crippen molar-refractivity contribution in [1.29, 1.82) is 0 Å². The zero-order chi connectivity index (χ0) is 27.1. The second kappa shape index (κ2) is 14.8. The van der Waals surface area contributed by atoms with Gasteiger partial charge < -0.3 is 19.3 Å². The van der Waals surface area contributed by atoms with Crippen LogP contribution < -0.4 is 9.47 Å². The molecule has 1 unspecified atom stereocenters. The molecule has 210 valence electrons. The van der Waals surface area contributed by atoms with Crippen LogP contribution in [0.4, 0.5) is 0 Å². The van der Waals surface area contributed by atoms with Crippen molar-refractivity contribution in [2.75, 3.05) is 47.4 Å². The van der Waals surface area contributed by atoms with E-state index in [2.05, 4.69) is 11.0 Å². The Morgan fingerprint density at radius 2 is 1.69 bits per heavy atom. The molecule has 1 amide bonds. The first-order valence-corrected chi connectivity index (χ1v) is 13.8. The van der Waals surface area contributed by atoms with Crippen LogP contribution in [0.25, 0.3) is 0 Å². The van der Waals surface area contributed by atoms with Gasteiger partial charge in [0.2, 0.25) is 0 Å². The van der Waals surface area contributed by atoms with Crippen molar-refractivity contribution in [1.82, 2.24) is 9.80 Å². The molecule has 0 radical (unpaired) electrons. The lowest BCUT2D eigenvalue weighted by molar-refractivity contribution is 0.0781. The normalized spacial score (nSPS) is 14.8. The number of carbonyl (C=O) groups is 1. The highest BCUT2D eigenvalue weighted by molar-refractivity contribution is 6.42. The number of hydrogen-bond donors (Lipinski definition) is 0. The van der Waals surface area contributed by atoms with E-state index in [1.807, 2.05) is 72.6 Å². The summed E-state index contributed by atoms with van der Waals surface area (Å²) < 4.78 is 11.1. The van der Waals surface area contributed by atoms with Crippen LogP contribution in [0.5, 0.6) is 11.5 Å². The number of methoxy groups -OCH3 is 2. The van der Waals surface area contributed by atoms with E-state index < -0.39 is 0 Å². The molecule has 0 bridgehead atoms. The van der Waals surface area contributed by atoms with Crippen LogP contribution in [-0.4, -0.2) is 63.2 Å². The fourth-order valence-corrected chi connectivity index (χ4v) is 5.62. The Kier molecular flexibility index (Phi) is 11.8. The third-order valence-electron chi connectivity index (χ3n) is 7.53. The van der Waals surface area contributed by atoms with E-state index in [4.69, 9.17) is 32.7 Å². The fourth-order valence-electron chi connectivity index (χ4n) is 5.31. The number of amides is 1. The summed E-state index contributed by atoms with van der Waals surface area (Å²) in [6.45, 7) is 3.57. The number of ether oxygens (including phenoxy) is 2. The molecule has 0 N–H and O–H groups in total. The molecule has 1 aliphatic heterocycles. The zero-order valence-electron chi connectivity index (χ0n) is 22.7. The van der Waals surface area contributed by atoms with Gasteiger partial charge >= 0.3 is 0 Å². The molecule has 1 fully saturated rings. The topological polar surface area (TPSA) is 42.0 Å². The smallest absolute Gasteiger partial charge is 0.253 e. The summed E-state index contributed by atoms with van der Waals surface area (Å²) >= 11 is 12.6. The fraction of sp³-hybridized carbons (Fsp3) is 0.387. The predicted molar refractivity (Wildman–Crippen MR) is 162 cm³/mol. The molecule has 3 aromatic rings. The molecular weight excluding hydrogens is 555 g/mol. The highest BCUT2D eigenvalue weighted by Gasteiger charge is 2.25. The standard InChI is InChI=1S/C31H36Cl2N2O3.ClH/c1-34(31(36)23-7-5-4-6-8-23)21-25(24-9-11-28(32)29(33)19-24)15-18-35-16-13-22(14-17-35)27-20-26(37-2)10-12-30(27)38-3;/h4-12,19-20,22,25H,13-18,21H2,1-3H3;1H. The van der Waals surface area contributed by atoms with Gasteiger partial charge in [-0.25, -0.2) is 0 Å². The maximum Gasteiger partial charge on any atom is 0.253 e. The largest absolute Gasteiger partial charge is 0.497 e. The second-order valence-corrected chi connectivity index (χ2v) is 10.7. The molecule has 39 heavy (non-hydrogen) atoms. The molecular formula is C31H37Cl3N2O3. The first kappa shape index (κ1) is 31.1. The summed E-state index contributed by atoms with van der Waals surface area (Å²) in [6.07, 6.45) is 3.04. The molecule has 0 saturated carbocycles. The number of benzene rings is 3. The molecule has 8 heteroatoms. The van der Waals surface area contributed by atoms with E-state index in [-0.39, 0.29) is 24.2 Å². The van der Waals surface area contributed by atoms with E-state index in [0.29, 0.717) is 28.1 Å². The highest BCUT2D eigenvalue weighted by atomic mass is 35.5. The number of likely N-dealkylation sites (tertiary alicyclic amines) is 1. The number of rotatable bonds is 10. The number of carbonyl (C=O) groups excluding carboxylic acids is 1. The Hall–Kier alpha value is -2.44. The minimum absolute atomic E-state index is 0. The van der Waals surface area contributed by atoms with Crippen molar-refractivity contribution in [3.63, 3.8) is 0 Å². The lowest BCUT2D eigenvalue weighted by Gasteiger charge is -2.34. The first-order chi connectivity index (χ1) is 18.4. The lowest BCUT2D eigenvalue weighted by atomic mass is 9.88. The van der Waals surface area contributed by atoms with E-state index in [0.717, 1.165) is 56.0 Å². The van der Waals surface area contributed by atoms with Crippen molar-refractivity contribution in [3.05, 3.63) is 93.5 Å². The minimum Gasteiger partial charge on any atom is -0.497 e. The highest BCUT2D eigenvalue weighted by Crippen LogP contribution is 2.37. The van der Waals surface area contributed by atoms with Gasteiger partial charge in [-0.3, -0.25) is 4.79 Å². The van der Waals surface area contributed by atoms with Crippen molar-refractivity contribution in [2.45, 2.75) is 31.1 Å². The van der Waals surface area contributed by atoms with Gasteiger partial charge in [0.1, 0.15) is 11.5 Å². The quantitative estimate of drug-likeness (QED) is 0.244. The first-order valence-electron chi connectivity index (χ1n) is 13.1. The van der Waals surface area contributed by atoms with Crippen molar-refractivity contribution in [3.8, 4) is 11.5 Å². The Balaban J connectivity index is 0.00000420. The molecule has 0 aliphatic carbocycles. The summed E-state index contributed by atoms with van der Waals surface area (Å²) in [5.74, 6) is 2.39. The van der Waals surface area contributed by atoms with Crippen molar-refractivity contribution >= 4 is 41.5 Å². The van der Waals surface area contributed by atoms with Crippen LogP contribution in [0.2, 0.25) is 10.0 Å². The summed E-state index contributed by atoms with van der Waals surface area (Å²) in [5, 5.41) is 1.08. The van der Waals surface area contributed by atoms with E-state index in [1.165, 1.54) is 5.56 Å². The summed E-state index contributed by atoms with van der Waals surface area (Å²) in [7, 11) is 5.29. The summed E-state index contributed by atoms with van der Waals surface area (Å²) in [4.78, 5) is 17.4. The van der Waals surface area contributed by atoms with Gasteiger partial charge in [0.05, 0.1) is 24.3 Å². The Morgan fingerprint density at radius 3 is 2.33 bits per heavy atom. The van der Waals surface area contributed by atoms with Gasteiger partial charge in [-0.15, -0.1) is 12.4 Å². The number of hydrogen-bond acceptors (Lipinski definition) is 4. The number of nitrogens with zero attached hydrogens (tertiary/aromatic N) is 2. The van der Waals surface area contributed by atoms with Crippen molar-refractivity contribution in [2.24, 2.45) is 0 Å². The van der Waals surface area contributed by atoms with Gasteiger partial charge in [-0.05, 0) is 92.8 Å². The van der Waals surface area contributed by atoms with Gasteiger partial charge in [0.15, 0.2) is 0 Å². The zero-order valence-corrected chi connectivity index (χ0v) is 25.1. The average molecular weight is 592 g/mol.